The molecule has 0 aliphatic carbocycles. The number of unbranched alkanes of at least 4 members (excludes halogenated alkanes) is 2. The molecular formula is C12H18FN3O. The number of benzene rings is 1. The van der Waals surface area contributed by atoms with Crippen molar-refractivity contribution in [3.8, 4) is 0 Å². The van der Waals surface area contributed by atoms with Crippen molar-refractivity contribution in [2.24, 2.45) is 5.73 Å². The van der Waals surface area contributed by atoms with Crippen LogP contribution in [0.15, 0.2) is 18.2 Å². The number of nitrogens with two attached hydrogens (primary N) is 2. The van der Waals surface area contributed by atoms with E-state index in [0.29, 0.717) is 24.3 Å². The Bertz CT molecular complexity index is 382. The van der Waals surface area contributed by atoms with Crippen LogP contribution >= 0.6 is 0 Å². The Morgan fingerprint density at radius 2 is 2.06 bits per heavy atom. The van der Waals surface area contributed by atoms with Crippen LogP contribution in [0.3, 0.4) is 0 Å². The minimum absolute atomic E-state index is 0.153. The molecule has 0 aromatic heterocycles. The summed E-state index contributed by atoms with van der Waals surface area (Å²) in [6.07, 6.45) is 3.01. The van der Waals surface area contributed by atoms with Gasteiger partial charge in [0.1, 0.15) is 5.82 Å². The lowest BCUT2D eigenvalue weighted by molar-refractivity contribution is -0.116. The Labute approximate surface area is 100 Å². The fraction of sp³-hybridized carbons (Fsp3) is 0.417. The maximum absolute atomic E-state index is 12.9. The summed E-state index contributed by atoms with van der Waals surface area (Å²) < 4.78 is 12.9. The summed E-state index contributed by atoms with van der Waals surface area (Å²) in [4.78, 5) is 11.5. The summed E-state index contributed by atoms with van der Waals surface area (Å²) in [5, 5.41) is 2.59. The number of halogens is 1. The van der Waals surface area contributed by atoms with Gasteiger partial charge in [0.2, 0.25) is 5.91 Å². The van der Waals surface area contributed by atoms with Gasteiger partial charge in [0.05, 0.1) is 11.4 Å². The van der Waals surface area contributed by atoms with Crippen molar-refractivity contribution in [2.45, 2.75) is 25.7 Å². The second-order valence-electron chi connectivity index (χ2n) is 3.88. The van der Waals surface area contributed by atoms with Gasteiger partial charge < -0.3 is 16.8 Å². The summed E-state index contributed by atoms with van der Waals surface area (Å²) in [5.74, 6) is -0.572. The first-order valence-electron chi connectivity index (χ1n) is 5.68. The van der Waals surface area contributed by atoms with Gasteiger partial charge in [-0.1, -0.05) is 6.42 Å². The SMILES string of the molecule is NCCCCCC(=O)Nc1cc(F)ccc1N. The van der Waals surface area contributed by atoms with Crippen LogP contribution in [0.1, 0.15) is 25.7 Å². The Morgan fingerprint density at radius 3 is 2.76 bits per heavy atom. The van der Waals surface area contributed by atoms with Crippen LogP contribution in [0.5, 0.6) is 0 Å². The van der Waals surface area contributed by atoms with E-state index in [9.17, 15) is 9.18 Å². The van der Waals surface area contributed by atoms with Gasteiger partial charge in [-0.3, -0.25) is 4.79 Å². The second kappa shape index (κ2) is 6.85. The zero-order valence-corrected chi connectivity index (χ0v) is 9.71. The maximum atomic E-state index is 12.9. The quantitative estimate of drug-likeness (QED) is 0.523. The lowest BCUT2D eigenvalue weighted by atomic mass is 10.2. The molecule has 0 fully saturated rings. The number of nitrogen functional groups attached to an aromatic ring is 1. The van der Waals surface area contributed by atoms with Crippen molar-refractivity contribution in [1.29, 1.82) is 0 Å². The second-order valence-corrected chi connectivity index (χ2v) is 3.88. The fourth-order valence-corrected chi connectivity index (χ4v) is 1.46. The predicted octanol–water partition coefficient (Wildman–Crippen LogP) is 1.87. The Hall–Kier alpha value is -1.62. The van der Waals surface area contributed by atoms with Crippen LogP contribution < -0.4 is 16.8 Å². The molecule has 0 bridgehead atoms. The van der Waals surface area contributed by atoms with Crippen molar-refractivity contribution < 1.29 is 9.18 Å². The first-order chi connectivity index (χ1) is 8.13. The van der Waals surface area contributed by atoms with Crippen molar-refractivity contribution in [3.63, 3.8) is 0 Å². The number of hydrogen-bond acceptors (Lipinski definition) is 3. The monoisotopic (exact) mass is 239 g/mol. The summed E-state index contributed by atoms with van der Waals surface area (Å²) >= 11 is 0. The van der Waals surface area contributed by atoms with Gasteiger partial charge in [-0.2, -0.15) is 0 Å². The minimum atomic E-state index is -0.419. The molecule has 0 saturated carbocycles. The topological polar surface area (TPSA) is 81.1 Å². The molecule has 94 valence electrons. The molecule has 0 spiro atoms. The van der Waals surface area contributed by atoms with E-state index in [-0.39, 0.29) is 5.91 Å². The van der Waals surface area contributed by atoms with Crippen LogP contribution in [0.4, 0.5) is 15.8 Å². The molecule has 17 heavy (non-hydrogen) atoms. The number of anilines is 2. The highest BCUT2D eigenvalue weighted by Gasteiger charge is 2.06. The molecule has 0 atom stereocenters. The molecule has 1 amide bonds. The Balaban J connectivity index is 2.42. The normalized spacial score (nSPS) is 10.2. The highest BCUT2D eigenvalue weighted by atomic mass is 19.1. The highest BCUT2D eigenvalue weighted by molar-refractivity contribution is 5.93. The summed E-state index contributed by atoms with van der Waals surface area (Å²) in [7, 11) is 0. The lowest BCUT2D eigenvalue weighted by Gasteiger charge is -2.08. The first kappa shape index (κ1) is 13.4. The molecule has 1 rings (SSSR count). The minimum Gasteiger partial charge on any atom is -0.397 e. The third-order valence-corrected chi connectivity index (χ3v) is 2.40. The smallest absolute Gasteiger partial charge is 0.224 e. The van der Waals surface area contributed by atoms with Crippen molar-refractivity contribution >= 4 is 17.3 Å². The molecule has 5 heteroatoms. The van der Waals surface area contributed by atoms with Crippen LogP contribution in [0, 0.1) is 5.82 Å². The maximum Gasteiger partial charge on any atom is 0.224 e. The Kier molecular flexibility index (Phi) is 5.42. The molecule has 1 aromatic carbocycles. The van der Waals surface area contributed by atoms with Crippen molar-refractivity contribution in [3.05, 3.63) is 24.0 Å². The van der Waals surface area contributed by atoms with Crippen molar-refractivity contribution in [2.75, 3.05) is 17.6 Å². The van der Waals surface area contributed by atoms with E-state index < -0.39 is 5.82 Å². The van der Waals surface area contributed by atoms with Gasteiger partial charge >= 0.3 is 0 Å². The van der Waals surface area contributed by atoms with E-state index in [2.05, 4.69) is 5.32 Å². The van der Waals surface area contributed by atoms with Gasteiger partial charge in [0.25, 0.3) is 0 Å². The van der Waals surface area contributed by atoms with Crippen molar-refractivity contribution in [1.82, 2.24) is 0 Å². The number of amides is 1. The fourth-order valence-electron chi connectivity index (χ4n) is 1.46. The zero-order chi connectivity index (χ0) is 12.7. The molecule has 1 aromatic rings. The van der Waals surface area contributed by atoms with Gasteiger partial charge in [-0.15, -0.1) is 0 Å². The lowest BCUT2D eigenvalue weighted by Crippen LogP contribution is -2.13. The standard InChI is InChI=1S/C12H18FN3O/c13-9-5-6-10(15)11(8-9)16-12(17)4-2-1-3-7-14/h5-6,8H,1-4,7,14-15H2,(H,16,17). The third-order valence-electron chi connectivity index (χ3n) is 2.40. The van der Waals surface area contributed by atoms with E-state index in [1.54, 1.807) is 0 Å². The number of carbonyl (C=O) groups is 1. The molecule has 0 aliphatic heterocycles. The van der Waals surface area contributed by atoms with E-state index in [1.165, 1.54) is 18.2 Å². The molecule has 0 heterocycles. The van der Waals surface area contributed by atoms with Crippen LogP contribution in [-0.2, 0) is 4.79 Å². The predicted molar refractivity (Wildman–Crippen MR) is 67.0 cm³/mol. The highest BCUT2D eigenvalue weighted by Crippen LogP contribution is 2.19. The van der Waals surface area contributed by atoms with Gasteiger partial charge in [0.15, 0.2) is 0 Å². The van der Waals surface area contributed by atoms with E-state index in [4.69, 9.17) is 11.5 Å². The molecule has 0 aliphatic rings. The van der Waals surface area contributed by atoms with E-state index in [0.717, 1.165) is 19.3 Å². The van der Waals surface area contributed by atoms with E-state index in [1.807, 2.05) is 0 Å². The third kappa shape index (κ3) is 4.82. The molecule has 5 N–H and O–H groups in total. The molecule has 0 saturated heterocycles. The molecule has 0 unspecified atom stereocenters. The first-order valence-corrected chi connectivity index (χ1v) is 5.68. The van der Waals surface area contributed by atoms with E-state index >= 15 is 0 Å². The van der Waals surface area contributed by atoms with Crippen LogP contribution in [-0.4, -0.2) is 12.5 Å². The zero-order valence-electron chi connectivity index (χ0n) is 9.71. The Morgan fingerprint density at radius 1 is 1.29 bits per heavy atom. The van der Waals surface area contributed by atoms with Gasteiger partial charge in [-0.25, -0.2) is 4.39 Å². The number of nitrogens with one attached hydrogen (secondary N) is 1. The van der Waals surface area contributed by atoms with Gasteiger partial charge in [-0.05, 0) is 37.6 Å². The summed E-state index contributed by atoms with van der Waals surface area (Å²) in [6, 6.07) is 3.90. The average Bonchev–Trinajstić information content (AvgIpc) is 2.29. The number of carbonyl (C=O) groups excluding carboxylic acids is 1. The average molecular weight is 239 g/mol. The molecular weight excluding hydrogens is 221 g/mol. The number of hydrogen-bond donors (Lipinski definition) is 3. The largest absolute Gasteiger partial charge is 0.397 e. The summed E-state index contributed by atoms with van der Waals surface area (Å²) in [6.45, 7) is 0.637. The molecule has 0 radical (unpaired) electrons. The molecule has 4 nitrogen and oxygen atoms in total. The summed E-state index contributed by atoms with van der Waals surface area (Å²) in [5.41, 5.74) is 11.7. The van der Waals surface area contributed by atoms with Crippen LogP contribution in [0.25, 0.3) is 0 Å². The number of rotatable bonds is 6. The van der Waals surface area contributed by atoms with Gasteiger partial charge in [0, 0.05) is 6.42 Å². The van der Waals surface area contributed by atoms with Crippen LogP contribution in [0.2, 0.25) is 0 Å².